The summed E-state index contributed by atoms with van der Waals surface area (Å²) in [6.45, 7) is 0. The van der Waals surface area contributed by atoms with Gasteiger partial charge in [0.25, 0.3) is 0 Å². The Bertz CT molecular complexity index is 2160. The molecule has 2 nitrogen and oxygen atoms in total. The maximum Gasteiger partial charge on any atom is 0.138 e. The van der Waals surface area contributed by atoms with E-state index in [4.69, 9.17) is 4.42 Å². The molecule has 0 N–H and O–H groups in total. The van der Waals surface area contributed by atoms with E-state index in [2.05, 4.69) is 169 Å². The van der Waals surface area contributed by atoms with Gasteiger partial charge in [0.2, 0.25) is 0 Å². The van der Waals surface area contributed by atoms with E-state index in [9.17, 15) is 0 Å². The zero-order valence-electron chi connectivity index (χ0n) is 22.9. The number of rotatable bonds is 5. The van der Waals surface area contributed by atoms with Crippen LogP contribution in [-0.2, 0) is 0 Å². The summed E-state index contributed by atoms with van der Waals surface area (Å²) >= 11 is 0. The van der Waals surface area contributed by atoms with Crippen molar-refractivity contribution in [1.29, 1.82) is 0 Å². The van der Waals surface area contributed by atoms with Gasteiger partial charge in [-0.1, -0.05) is 121 Å². The molecule has 0 spiro atoms. The summed E-state index contributed by atoms with van der Waals surface area (Å²) in [6.07, 6.45) is 0. The van der Waals surface area contributed by atoms with E-state index in [1.807, 2.05) is 0 Å². The van der Waals surface area contributed by atoms with Crippen LogP contribution in [0, 0.1) is 0 Å². The Labute approximate surface area is 244 Å². The van der Waals surface area contributed by atoms with E-state index in [0.717, 1.165) is 50.1 Å². The van der Waals surface area contributed by atoms with Crippen molar-refractivity contribution in [2.45, 2.75) is 0 Å². The van der Waals surface area contributed by atoms with E-state index in [1.165, 1.54) is 21.9 Å². The second-order valence-electron chi connectivity index (χ2n) is 10.6. The van der Waals surface area contributed by atoms with Gasteiger partial charge in [0.1, 0.15) is 11.2 Å². The molecule has 0 radical (unpaired) electrons. The first kappa shape index (κ1) is 24.2. The molecule has 7 aromatic carbocycles. The predicted octanol–water partition coefficient (Wildman–Crippen LogP) is 11.5. The van der Waals surface area contributed by atoms with Crippen molar-refractivity contribution in [2.24, 2.45) is 0 Å². The summed E-state index contributed by atoms with van der Waals surface area (Å²) in [6, 6.07) is 57.8. The minimum Gasteiger partial charge on any atom is -0.456 e. The fourth-order valence-corrected chi connectivity index (χ4v) is 6.08. The summed E-state index contributed by atoms with van der Waals surface area (Å²) in [7, 11) is 0. The smallest absolute Gasteiger partial charge is 0.138 e. The Morgan fingerprint density at radius 1 is 0.381 bits per heavy atom. The lowest BCUT2D eigenvalue weighted by Gasteiger charge is -2.26. The number of fused-ring (bicyclic) bond motifs is 5. The first-order valence-electron chi connectivity index (χ1n) is 14.3. The van der Waals surface area contributed by atoms with E-state index in [-0.39, 0.29) is 0 Å². The predicted molar refractivity (Wildman–Crippen MR) is 177 cm³/mol. The van der Waals surface area contributed by atoms with Crippen molar-refractivity contribution in [3.05, 3.63) is 164 Å². The zero-order valence-corrected chi connectivity index (χ0v) is 22.9. The normalized spacial score (nSPS) is 11.3. The summed E-state index contributed by atoms with van der Waals surface area (Å²) in [5.41, 5.74) is 9.70. The van der Waals surface area contributed by atoms with Crippen LogP contribution in [0.4, 0.5) is 17.1 Å². The highest BCUT2D eigenvalue weighted by Gasteiger charge is 2.20. The minimum atomic E-state index is 0.875. The van der Waals surface area contributed by atoms with Gasteiger partial charge in [-0.05, 0) is 69.4 Å². The van der Waals surface area contributed by atoms with Gasteiger partial charge in [-0.3, -0.25) is 0 Å². The van der Waals surface area contributed by atoms with Gasteiger partial charge in [0.05, 0.1) is 5.69 Å². The summed E-state index contributed by atoms with van der Waals surface area (Å²) in [4.78, 5) is 2.31. The molecule has 0 unspecified atom stereocenters. The molecule has 8 aromatic rings. The Balaban J connectivity index is 1.39. The van der Waals surface area contributed by atoms with Crippen molar-refractivity contribution in [2.75, 3.05) is 4.90 Å². The number of nitrogens with zero attached hydrogens (tertiary/aromatic N) is 1. The number of para-hydroxylation sites is 1. The molecule has 2 heteroatoms. The molecule has 1 aromatic heterocycles. The van der Waals surface area contributed by atoms with Crippen LogP contribution >= 0.6 is 0 Å². The lowest BCUT2D eigenvalue weighted by atomic mass is 9.95. The van der Waals surface area contributed by atoms with Gasteiger partial charge < -0.3 is 9.32 Å². The fraction of sp³-hybridized carbons (Fsp3) is 0. The van der Waals surface area contributed by atoms with Crippen LogP contribution in [0.2, 0.25) is 0 Å². The third-order valence-corrected chi connectivity index (χ3v) is 8.04. The number of hydrogen-bond acceptors (Lipinski definition) is 2. The van der Waals surface area contributed by atoms with E-state index >= 15 is 0 Å². The SMILES string of the molecule is c1ccc(-c2ccc(N(c3ccccc3)c3cc(-c4ccccc4)c4c(c3)oc3ccc5ccccc5c34)cc2)cc1. The monoisotopic (exact) mass is 537 g/mol. The quantitative estimate of drug-likeness (QED) is 0.217. The van der Waals surface area contributed by atoms with Crippen molar-refractivity contribution >= 4 is 49.8 Å². The Hall–Kier alpha value is -5.60. The molecule has 198 valence electrons. The van der Waals surface area contributed by atoms with Gasteiger partial charge in [0.15, 0.2) is 0 Å². The van der Waals surface area contributed by atoms with Crippen LogP contribution in [0.5, 0.6) is 0 Å². The number of benzene rings is 7. The average Bonchev–Trinajstić information content (AvgIpc) is 3.45. The summed E-state index contributed by atoms with van der Waals surface area (Å²) in [5.74, 6) is 0. The van der Waals surface area contributed by atoms with E-state index < -0.39 is 0 Å². The van der Waals surface area contributed by atoms with Gasteiger partial charge in [-0.15, -0.1) is 0 Å². The molecule has 0 bridgehead atoms. The molecule has 42 heavy (non-hydrogen) atoms. The highest BCUT2D eigenvalue weighted by molar-refractivity contribution is 6.23. The molecule has 0 saturated heterocycles. The number of furan rings is 1. The second-order valence-corrected chi connectivity index (χ2v) is 10.6. The maximum absolute atomic E-state index is 6.64. The average molecular weight is 538 g/mol. The van der Waals surface area contributed by atoms with Crippen LogP contribution in [-0.4, -0.2) is 0 Å². The molecule has 8 rings (SSSR count). The molecule has 0 aliphatic heterocycles. The number of anilines is 3. The topological polar surface area (TPSA) is 16.4 Å². The first-order valence-corrected chi connectivity index (χ1v) is 14.3. The molecular formula is C40H27NO. The van der Waals surface area contributed by atoms with Gasteiger partial charge in [-0.2, -0.15) is 0 Å². The Kier molecular flexibility index (Phi) is 5.82. The van der Waals surface area contributed by atoms with Crippen LogP contribution in [0.25, 0.3) is 55.0 Å². The molecular weight excluding hydrogens is 510 g/mol. The molecule has 0 aliphatic rings. The molecule has 0 amide bonds. The Morgan fingerprint density at radius 3 is 1.71 bits per heavy atom. The van der Waals surface area contributed by atoms with E-state index in [0.29, 0.717) is 0 Å². The van der Waals surface area contributed by atoms with Crippen LogP contribution in [0.1, 0.15) is 0 Å². The van der Waals surface area contributed by atoms with Gasteiger partial charge in [0, 0.05) is 28.2 Å². The van der Waals surface area contributed by atoms with E-state index in [1.54, 1.807) is 0 Å². The van der Waals surface area contributed by atoms with Crippen molar-refractivity contribution < 1.29 is 4.42 Å². The van der Waals surface area contributed by atoms with Crippen LogP contribution in [0.3, 0.4) is 0 Å². The van der Waals surface area contributed by atoms with Crippen molar-refractivity contribution in [1.82, 2.24) is 0 Å². The first-order chi connectivity index (χ1) is 20.8. The lowest BCUT2D eigenvalue weighted by molar-refractivity contribution is 0.669. The molecule has 0 atom stereocenters. The largest absolute Gasteiger partial charge is 0.456 e. The van der Waals surface area contributed by atoms with Gasteiger partial charge >= 0.3 is 0 Å². The Morgan fingerprint density at radius 2 is 0.976 bits per heavy atom. The standard InChI is InChI=1S/C40H27NO/c1-4-12-28(13-5-1)29-20-23-33(24-21-29)41(32-17-8-3-9-18-32)34-26-36(30-14-6-2-7-15-30)40-38(27-34)42-37-25-22-31-16-10-11-19-35(31)39(37)40/h1-27H. The number of hydrogen-bond donors (Lipinski definition) is 0. The molecule has 1 heterocycles. The highest BCUT2D eigenvalue weighted by atomic mass is 16.3. The summed E-state index contributed by atoms with van der Waals surface area (Å²) in [5, 5.41) is 4.71. The van der Waals surface area contributed by atoms with Gasteiger partial charge in [-0.25, -0.2) is 0 Å². The lowest BCUT2D eigenvalue weighted by Crippen LogP contribution is -2.10. The maximum atomic E-state index is 6.64. The zero-order chi connectivity index (χ0) is 27.9. The summed E-state index contributed by atoms with van der Waals surface area (Å²) < 4.78 is 6.64. The molecule has 0 aliphatic carbocycles. The minimum absolute atomic E-state index is 0.875. The highest BCUT2D eigenvalue weighted by Crippen LogP contribution is 2.45. The van der Waals surface area contributed by atoms with Crippen LogP contribution < -0.4 is 4.90 Å². The molecule has 0 fully saturated rings. The fourth-order valence-electron chi connectivity index (χ4n) is 6.08. The van der Waals surface area contributed by atoms with Crippen molar-refractivity contribution in [3.8, 4) is 22.3 Å². The third-order valence-electron chi connectivity index (χ3n) is 8.04. The van der Waals surface area contributed by atoms with Crippen molar-refractivity contribution in [3.63, 3.8) is 0 Å². The molecule has 0 saturated carbocycles. The van der Waals surface area contributed by atoms with Crippen LogP contribution in [0.15, 0.2) is 168 Å². The second kappa shape index (κ2) is 10.1. The third kappa shape index (κ3) is 4.13.